The van der Waals surface area contributed by atoms with Crippen molar-refractivity contribution < 1.29 is 9.47 Å². The number of rotatable bonds is 3. The fourth-order valence-electron chi connectivity index (χ4n) is 3.27. The number of hydrogen-bond acceptors (Lipinski definition) is 7. The quantitative estimate of drug-likeness (QED) is 0.829. The number of ether oxygens (including phenoxy) is 2. The number of anilines is 2. The van der Waals surface area contributed by atoms with Crippen LogP contribution in [0.1, 0.15) is 26.7 Å². The van der Waals surface area contributed by atoms with Crippen LogP contribution in [0.5, 0.6) is 0 Å². The number of methoxy groups -OCH3 is 1. The summed E-state index contributed by atoms with van der Waals surface area (Å²) in [5.74, 6) is 1.26. The number of aromatic nitrogens is 3. The molecule has 1 aromatic rings. The molecule has 2 saturated heterocycles. The molecule has 3 unspecified atom stereocenters. The molecule has 128 valence electrons. The molecule has 1 aromatic heterocycles. The van der Waals surface area contributed by atoms with Crippen LogP contribution in [0.4, 0.5) is 11.9 Å². The van der Waals surface area contributed by atoms with E-state index in [2.05, 4.69) is 38.6 Å². The van der Waals surface area contributed by atoms with Gasteiger partial charge in [0, 0.05) is 33.3 Å². The van der Waals surface area contributed by atoms with E-state index >= 15 is 0 Å². The van der Waals surface area contributed by atoms with Crippen LogP contribution in [0.3, 0.4) is 0 Å². The molecule has 0 aromatic carbocycles. The summed E-state index contributed by atoms with van der Waals surface area (Å²) >= 11 is 6.15. The largest absolute Gasteiger partial charge is 0.380 e. The first-order valence-corrected chi connectivity index (χ1v) is 8.52. The summed E-state index contributed by atoms with van der Waals surface area (Å²) in [6.45, 7) is 7.32. The van der Waals surface area contributed by atoms with Gasteiger partial charge in [-0.1, -0.05) is 0 Å². The van der Waals surface area contributed by atoms with Gasteiger partial charge in [-0.05, 0) is 38.3 Å². The van der Waals surface area contributed by atoms with E-state index in [0.29, 0.717) is 11.9 Å². The molecule has 2 fully saturated rings. The van der Waals surface area contributed by atoms with Crippen molar-refractivity contribution in [3.05, 3.63) is 5.28 Å². The predicted octanol–water partition coefficient (Wildman–Crippen LogP) is 1.75. The highest BCUT2D eigenvalue weighted by Crippen LogP contribution is 2.23. The Morgan fingerprint density at radius 2 is 1.70 bits per heavy atom. The monoisotopic (exact) mass is 341 g/mol. The molecule has 23 heavy (non-hydrogen) atoms. The molecule has 0 spiro atoms. The van der Waals surface area contributed by atoms with Crippen LogP contribution < -0.4 is 9.80 Å². The first-order valence-electron chi connectivity index (χ1n) is 8.15. The zero-order valence-corrected chi connectivity index (χ0v) is 14.7. The van der Waals surface area contributed by atoms with Gasteiger partial charge in [-0.15, -0.1) is 0 Å². The third-order valence-corrected chi connectivity index (χ3v) is 4.45. The third kappa shape index (κ3) is 4.02. The Hall–Kier alpha value is -1.18. The van der Waals surface area contributed by atoms with Crippen LogP contribution in [0.15, 0.2) is 0 Å². The second kappa shape index (κ2) is 7.15. The lowest BCUT2D eigenvalue weighted by Gasteiger charge is -2.36. The minimum absolute atomic E-state index is 0.144. The van der Waals surface area contributed by atoms with Crippen LogP contribution in [0, 0.1) is 0 Å². The Morgan fingerprint density at radius 1 is 1.04 bits per heavy atom. The summed E-state index contributed by atoms with van der Waals surface area (Å²) in [6.07, 6.45) is 2.63. The van der Waals surface area contributed by atoms with E-state index in [-0.39, 0.29) is 23.6 Å². The van der Waals surface area contributed by atoms with Crippen molar-refractivity contribution in [2.75, 3.05) is 43.1 Å². The molecule has 0 N–H and O–H groups in total. The normalized spacial score (nSPS) is 29.0. The molecule has 3 rings (SSSR count). The van der Waals surface area contributed by atoms with Crippen molar-refractivity contribution in [2.45, 2.75) is 45.0 Å². The molecule has 0 amide bonds. The minimum atomic E-state index is 0.144. The van der Waals surface area contributed by atoms with E-state index in [1.165, 1.54) is 0 Å². The van der Waals surface area contributed by atoms with Gasteiger partial charge in [-0.3, -0.25) is 0 Å². The number of halogens is 1. The smallest absolute Gasteiger partial charge is 0.231 e. The zero-order valence-electron chi connectivity index (χ0n) is 13.9. The van der Waals surface area contributed by atoms with Gasteiger partial charge in [0.25, 0.3) is 0 Å². The highest BCUT2D eigenvalue weighted by Gasteiger charge is 2.27. The molecule has 0 saturated carbocycles. The maximum atomic E-state index is 6.15. The molecular formula is C15H24ClN5O2. The SMILES string of the molecule is COC1CCCN(c2nc(Cl)nc(N3CC(C)OC(C)C3)n2)C1. The lowest BCUT2D eigenvalue weighted by atomic mass is 10.1. The van der Waals surface area contributed by atoms with Gasteiger partial charge in [0.05, 0.1) is 18.3 Å². The Bertz CT molecular complexity index is 537. The summed E-state index contributed by atoms with van der Waals surface area (Å²) < 4.78 is 11.2. The second-order valence-electron chi connectivity index (χ2n) is 6.31. The molecule has 0 aliphatic carbocycles. The van der Waals surface area contributed by atoms with Crippen molar-refractivity contribution >= 4 is 23.5 Å². The van der Waals surface area contributed by atoms with E-state index in [0.717, 1.165) is 39.0 Å². The Morgan fingerprint density at radius 3 is 2.35 bits per heavy atom. The first-order chi connectivity index (χ1) is 11.0. The number of morpholine rings is 1. The number of hydrogen-bond donors (Lipinski definition) is 0. The van der Waals surface area contributed by atoms with Crippen molar-refractivity contribution in [3.63, 3.8) is 0 Å². The molecule has 3 atom stereocenters. The Kier molecular flexibility index (Phi) is 5.18. The molecule has 7 nitrogen and oxygen atoms in total. The topological polar surface area (TPSA) is 63.6 Å². The molecule has 3 heterocycles. The van der Waals surface area contributed by atoms with E-state index in [9.17, 15) is 0 Å². The lowest BCUT2D eigenvalue weighted by Crippen LogP contribution is -2.46. The third-order valence-electron chi connectivity index (χ3n) is 4.28. The van der Waals surface area contributed by atoms with Crippen molar-refractivity contribution in [1.82, 2.24) is 15.0 Å². The van der Waals surface area contributed by atoms with Gasteiger partial charge in [0.1, 0.15) is 0 Å². The first kappa shape index (κ1) is 16.7. The van der Waals surface area contributed by atoms with Gasteiger partial charge in [0.15, 0.2) is 0 Å². The minimum Gasteiger partial charge on any atom is -0.380 e. The van der Waals surface area contributed by atoms with Gasteiger partial charge in [0.2, 0.25) is 17.2 Å². The van der Waals surface area contributed by atoms with Crippen LogP contribution >= 0.6 is 11.6 Å². The fraction of sp³-hybridized carbons (Fsp3) is 0.800. The average Bonchev–Trinajstić information content (AvgIpc) is 2.53. The fourth-order valence-corrected chi connectivity index (χ4v) is 3.42. The van der Waals surface area contributed by atoms with E-state index in [1.54, 1.807) is 7.11 Å². The summed E-state index contributed by atoms with van der Waals surface area (Å²) in [4.78, 5) is 17.5. The van der Waals surface area contributed by atoms with E-state index < -0.39 is 0 Å². The summed E-state index contributed by atoms with van der Waals surface area (Å²) in [7, 11) is 1.75. The Balaban J connectivity index is 1.81. The van der Waals surface area contributed by atoms with Crippen LogP contribution in [0.2, 0.25) is 5.28 Å². The lowest BCUT2D eigenvalue weighted by molar-refractivity contribution is -0.00573. The summed E-state index contributed by atoms with van der Waals surface area (Å²) in [6, 6.07) is 0. The van der Waals surface area contributed by atoms with Crippen LogP contribution in [0.25, 0.3) is 0 Å². The maximum Gasteiger partial charge on any atom is 0.231 e. The highest BCUT2D eigenvalue weighted by molar-refractivity contribution is 6.28. The highest BCUT2D eigenvalue weighted by atomic mass is 35.5. The van der Waals surface area contributed by atoms with Crippen LogP contribution in [-0.4, -0.2) is 66.6 Å². The standard InChI is InChI=1S/C15H24ClN5O2/c1-10-7-21(8-11(2)23-10)15-18-13(16)17-14(19-15)20-6-4-5-12(9-20)22-3/h10-12H,4-9H2,1-3H3. The molecular weight excluding hydrogens is 318 g/mol. The number of nitrogens with zero attached hydrogens (tertiary/aromatic N) is 5. The van der Waals surface area contributed by atoms with Gasteiger partial charge < -0.3 is 19.3 Å². The molecule has 0 radical (unpaired) electrons. The maximum absolute atomic E-state index is 6.15. The molecule has 0 bridgehead atoms. The summed E-state index contributed by atoms with van der Waals surface area (Å²) in [5.41, 5.74) is 0. The van der Waals surface area contributed by atoms with Gasteiger partial charge in [-0.25, -0.2) is 0 Å². The Labute approximate surface area is 142 Å². The molecule has 2 aliphatic heterocycles. The van der Waals surface area contributed by atoms with Crippen molar-refractivity contribution in [1.29, 1.82) is 0 Å². The molecule has 2 aliphatic rings. The predicted molar refractivity (Wildman–Crippen MR) is 89.3 cm³/mol. The van der Waals surface area contributed by atoms with Gasteiger partial charge in [-0.2, -0.15) is 15.0 Å². The van der Waals surface area contributed by atoms with Crippen molar-refractivity contribution in [3.8, 4) is 0 Å². The number of piperidine rings is 1. The molecule has 8 heteroatoms. The average molecular weight is 342 g/mol. The zero-order chi connectivity index (χ0) is 16.4. The summed E-state index contributed by atoms with van der Waals surface area (Å²) in [5, 5.41) is 0.233. The van der Waals surface area contributed by atoms with Crippen molar-refractivity contribution in [2.24, 2.45) is 0 Å². The second-order valence-corrected chi connectivity index (χ2v) is 6.65. The van der Waals surface area contributed by atoms with E-state index in [4.69, 9.17) is 21.1 Å². The van der Waals surface area contributed by atoms with E-state index in [1.807, 2.05) is 0 Å². The van der Waals surface area contributed by atoms with Gasteiger partial charge >= 0.3 is 0 Å². The van der Waals surface area contributed by atoms with Crippen LogP contribution in [-0.2, 0) is 9.47 Å².